The Morgan fingerprint density at radius 2 is 1.94 bits per heavy atom. The molecule has 0 saturated carbocycles. The van der Waals surface area contributed by atoms with Gasteiger partial charge in [0.25, 0.3) is 17.3 Å². The van der Waals surface area contributed by atoms with Crippen LogP contribution in [0, 0.1) is 6.92 Å². The van der Waals surface area contributed by atoms with E-state index in [1.165, 1.54) is 19.4 Å². The molecular formula is C24H25F3N6O3. The molecule has 0 radical (unpaired) electrons. The first-order chi connectivity index (χ1) is 17.1. The van der Waals surface area contributed by atoms with Crippen LogP contribution in [0.1, 0.15) is 25.6 Å². The lowest BCUT2D eigenvalue weighted by molar-refractivity contribution is -0.163. The lowest BCUT2D eigenvalue weighted by Crippen LogP contribution is -2.31. The normalized spacial score (nSPS) is 12.5. The van der Waals surface area contributed by atoms with E-state index in [0.717, 1.165) is 24.8 Å². The van der Waals surface area contributed by atoms with Gasteiger partial charge in [0.15, 0.2) is 0 Å². The Balaban J connectivity index is 0.00000380. The summed E-state index contributed by atoms with van der Waals surface area (Å²) in [6, 6.07) is 6.02. The van der Waals surface area contributed by atoms with Gasteiger partial charge in [0.05, 0.1) is 30.3 Å². The number of halogens is 3. The van der Waals surface area contributed by atoms with Crippen molar-refractivity contribution in [2.75, 3.05) is 14.2 Å². The summed E-state index contributed by atoms with van der Waals surface area (Å²) in [5.74, 6) is 0.836. The number of alkyl halides is 3. The van der Waals surface area contributed by atoms with Crippen molar-refractivity contribution < 1.29 is 23.8 Å². The Kier molecular flexibility index (Phi) is 6.88. The van der Waals surface area contributed by atoms with E-state index in [1.54, 1.807) is 6.92 Å². The summed E-state index contributed by atoms with van der Waals surface area (Å²) >= 11 is 0. The third kappa shape index (κ3) is 4.98. The molecule has 0 aliphatic rings. The van der Waals surface area contributed by atoms with Crippen LogP contribution < -0.4 is 15.6 Å². The van der Waals surface area contributed by atoms with Crippen molar-refractivity contribution in [2.24, 2.45) is 0 Å². The van der Waals surface area contributed by atoms with Gasteiger partial charge in [-0.25, -0.2) is 4.98 Å². The fourth-order valence-corrected chi connectivity index (χ4v) is 3.56. The van der Waals surface area contributed by atoms with Crippen molar-refractivity contribution in [2.45, 2.75) is 32.6 Å². The Hall–Kier alpha value is -4.06. The molecule has 0 fully saturated rings. The molecule has 12 heteroatoms. The molecule has 1 aromatic carbocycles. The fraction of sp³-hybridized carbons (Fsp3) is 0.292. The van der Waals surface area contributed by atoms with E-state index in [2.05, 4.69) is 25.5 Å². The number of ether oxygens (including phenoxy) is 1. The zero-order valence-corrected chi connectivity index (χ0v) is 19.9. The van der Waals surface area contributed by atoms with Gasteiger partial charge in [-0.1, -0.05) is 6.07 Å². The van der Waals surface area contributed by atoms with Crippen LogP contribution in [0.5, 0.6) is 5.75 Å². The van der Waals surface area contributed by atoms with Crippen molar-refractivity contribution in [1.29, 1.82) is 0 Å². The predicted octanol–water partition coefficient (Wildman–Crippen LogP) is 4.43. The maximum atomic E-state index is 13.2. The molecule has 0 spiro atoms. The minimum Gasteiger partial charge on any atom is -0.496 e. The summed E-state index contributed by atoms with van der Waals surface area (Å²) in [5, 5.41) is 11.3. The molecule has 3 aromatic heterocycles. The molecule has 1 atom stereocenters. The molecule has 4 rings (SSSR count). The van der Waals surface area contributed by atoms with E-state index in [1.807, 2.05) is 25.2 Å². The number of rotatable bonds is 7. The topological polar surface area (TPSA) is 108 Å². The second-order valence-electron chi connectivity index (χ2n) is 8.05. The van der Waals surface area contributed by atoms with Crippen molar-refractivity contribution in [1.82, 2.24) is 30.0 Å². The van der Waals surface area contributed by atoms with Crippen LogP contribution >= 0.6 is 0 Å². The molecule has 0 amide bonds. The highest BCUT2D eigenvalue weighted by Crippen LogP contribution is 2.33. The van der Waals surface area contributed by atoms with E-state index in [0.29, 0.717) is 28.1 Å². The van der Waals surface area contributed by atoms with Crippen molar-refractivity contribution in [3.05, 3.63) is 64.3 Å². The molecule has 9 nitrogen and oxygen atoms in total. The van der Waals surface area contributed by atoms with E-state index >= 15 is 0 Å². The first-order valence-corrected chi connectivity index (χ1v) is 10.9. The van der Waals surface area contributed by atoms with Gasteiger partial charge in [0.1, 0.15) is 17.5 Å². The van der Waals surface area contributed by atoms with Gasteiger partial charge in [-0.2, -0.15) is 13.2 Å². The summed E-state index contributed by atoms with van der Waals surface area (Å²) in [6.07, 6.45) is -2.07. The van der Waals surface area contributed by atoms with Crippen molar-refractivity contribution >= 4 is 0 Å². The van der Waals surface area contributed by atoms with Crippen LogP contribution in [-0.4, -0.2) is 45.1 Å². The summed E-state index contributed by atoms with van der Waals surface area (Å²) < 4.78 is 51.6. The van der Waals surface area contributed by atoms with Gasteiger partial charge < -0.3 is 19.0 Å². The zero-order valence-electron chi connectivity index (χ0n) is 19.9. The first kappa shape index (κ1) is 25.0. The average molecular weight is 502 g/mol. The molecule has 190 valence electrons. The largest absolute Gasteiger partial charge is 0.496 e. The summed E-state index contributed by atoms with van der Waals surface area (Å²) in [7, 11) is 3.38. The molecule has 1 N–H and O–H groups in total. The fourth-order valence-electron chi connectivity index (χ4n) is 3.56. The number of hydrogen-bond acceptors (Lipinski definition) is 8. The molecule has 3 heterocycles. The Morgan fingerprint density at radius 3 is 2.64 bits per heavy atom. The van der Waals surface area contributed by atoms with E-state index < -0.39 is 17.8 Å². The molecular weight excluding hydrogens is 477 g/mol. The number of pyridine rings is 1. The number of aromatic nitrogens is 5. The predicted molar refractivity (Wildman–Crippen MR) is 127 cm³/mol. The van der Waals surface area contributed by atoms with Crippen LogP contribution in [0.3, 0.4) is 0 Å². The van der Waals surface area contributed by atoms with Gasteiger partial charge in [0.2, 0.25) is 0 Å². The van der Waals surface area contributed by atoms with Gasteiger partial charge in [-0.05, 0) is 44.7 Å². The van der Waals surface area contributed by atoms with Crippen LogP contribution in [0.25, 0.3) is 34.3 Å². The number of methoxy groups -OCH3 is 1. The van der Waals surface area contributed by atoms with Crippen molar-refractivity contribution in [3.8, 4) is 40.0 Å². The van der Waals surface area contributed by atoms with Crippen molar-refractivity contribution in [3.63, 3.8) is 0 Å². The SMILES string of the molecule is CNCc1ccc(-c2nnc(-c3nc(-c4ccc(=O)n(C(C)C(F)(F)F)c4)cnc3C)o2)c(OC)c1.[HH]. The highest BCUT2D eigenvalue weighted by molar-refractivity contribution is 5.66. The molecule has 1 unspecified atom stereocenters. The van der Waals surface area contributed by atoms with Gasteiger partial charge >= 0.3 is 6.18 Å². The average Bonchev–Trinajstić information content (AvgIpc) is 3.33. The summed E-state index contributed by atoms with van der Waals surface area (Å²) in [5.41, 5.74) is 2.08. The standard InChI is InChI=1S/C24H23F3N6O3.H2/c1-13-21(23-32-31-22(36-23)17-7-5-15(10-28-3)9-19(17)35-4)30-18(11-29-13)16-6-8-20(34)33(12-16)14(2)24(25,26)27;/h5-9,11-12,14,28H,10H2,1-4H3;1H. The number of nitrogens with zero attached hydrogens (tertiary/aromatic N) is 5. The summed E-state index contributed by atoms with van der Waals surface area (Å²) in [6.45, 7) is 3.26. The van der Waals surface area contributed by atoms with Gasteiger partial charge in [-0.3, -0.25) is 9.78 Å². The van der Waals surface area contributed by atoms with E-state index in [-0.39, 0.29) is 30.2 Å². The zero-order chi connectivity index (χ0) is 26.0. The molecule has 36 heavy (non-hydrogen) atoms. The number of aryl methyl sites for hydroxylation is 1. The monoisotopic (exact) mass is 502 g/mol. The lowest BCUT2D eigenvalue weighted by atomic mass is 10.1. The highest BCUT2D eigenvalue weighted by atomic mass is 19.4. The molecule has 0 saturated heterocycles. The van der Waals surface area contributed by atoms with Crippen LogP contribution in [-0.2, 0) is 6.54 Å². The third-order valence-electron chi connectivity index (χ3n) is 5.59. The smallest absolute Gasteiger partial charge is 0.408 e. The van der Waals surface area contributed by atoms with Gasteiger partial charge in [0, 0.05) is 25.8 Å². The second kappa shape index (κ2) is 9.90. The Labute approximate surface area is 205 Å². The van der Waals surface area contributed by atoms with E-state index in [4.69, 9.17) is 9.15 Å². The molecule has 4 aromatic rings. The Bertz CT molecular complexity index is 1450. The third-order valence-corrected chi connectivity index (χ3v) is 5.59. The molecule has 0 aliphatic heterocycles. The minimum atomic E-state index is -4.58. The van der Waals surface area contributed by atoms with Gasteiger partial charge in [-0.15, -0.1) is 10.2 Å². The summed E-state index contributed by atoms with van der Waals surface area (Å²) in [4.78, 5) is 20.9. The minimum absolute atomic E-state index is 0. The van der Waals surface area contributed by atoms with Crippen LogP contribution in [0.2, 0.25) is 0 Å². The highest BCUT2D eigenvalue weighted by Gasteiger charge is 2.37. The maximum Gasteiger partial charge on any atom is 0.408 e. The quantitative estimate of drug-likeness (QED) is 0.396. The van der Waals surface area contributed by atoms with E-state index in [9.17, 15) is 18.0 Å². The number of benzene rings is 1. The Morgan fingerprint density at radius 1 is 1.19 bits per heavy atom. The second-order valence-corrected chi connectivity index (χ2v) is 8.05. The van der Waals surface area contributed by atoms with Crippen LogP contribution in [0.15, 0.2) is 51.9 Å². The van der Waals surface area contributed by atoms with Crippen LogP contribution in [0.4, 0.5) is 13.2 Å². The molecule has 0 bridgehead atoms. The first-order valence-electron chi connectivity index (χ1n) is 10.9. The molecule has 0 aliphatic carbocycles. The number of nitrogens with one attached hydrogen (secondary N) is 1. The lowest BCUT2D eigenvalue weighted by Gasteiger charge is -2.19. The number of hydrogen-bond donors (Lipinski definition) is 1. The maximum absolute atomic E-state index is 13.2.